The molecule has 9 heteroatoms. The van der Waals surface area contributed by atoms with Crippen molar-refractivity contribution in [2.24, 2.45) is 11.5 Å². The second-order valence-electron chi connectivity index (χ2n) is 8.54. The van der Waals surface area contributed by atoms with Gasteiger partial charge >= 0.3 is 0 Å². The van der Waals surface area contributed by atoms with Crippen LogP contribution in [0.2, 0.25) is 0 Å². The number of nitrogens with zero attached hydrogens (tertiary/aromatic N) is 3. The number of carbonyl (C=O) groups is 2. The number of aromatic nitrogens is 3. The predicted molar refractivity (Wildman–Crippen MR) is 111 cm³/mol. The number of nitrogens with two attached hydrogens (primary N) is 2. The van der Waals surface area contributed by atoms with Gasteiger partial charge in [0.1, 0.15) is 5.56 Å². The molecule has 0 aliphatic heterocycles. The lowest BCUT2D eigenvalue weighted by Crippen LogP contribution is -2.40. The van der Waals surface area contributed by atoms with Crippen LogP contribution in [-0.2, 0) is 0 Å². The third-order valence-corrected chi connectivity index (χ3v) is 4.87. The normalized spacial score (nSPS) is 19.6. The van der Waals surface area contributed by atoms with Crippen molar-refractivity contribution < 1.29 is 9.59 Å². The summed E-state index contributed by atoms with van der Waals surface area (Å²) < 4.78 is 1.73. The number of carbonyl (C=O) groups excluding carboxylic acids is 2. The molecule has 2 aromatic heterocycles. The summed E-state index contributed by atoms with van der Waals surface area (Å²) in [5.41, 5.74) is 12.6. The minimum absolute atomic E-state index is 0.0108. The molecule has 9 nitrogen and oxygen atoms in total. The molecule has 1 aliphatic rings. The third kappa shape index (κ3) is 5.11. The molecule has 2 amide bonds. The largest absolute Gasteiger partial charge is 0.365 e. The second-order valence-corrected chi connectivity index (χ2v) is 8.54. The van der Waals surface area contributed by atoms with Crippen LogP contribution in [0.15, 0.2) is 24.7 Å². The van der Waals surface area contributed by atoms with Gasteiger partial charge in [-0.1, -0.05) is 12.8 Å². The highest BCUT2D eigenvalue weighted by atomic mass is 16.2. The second kappa shape index (κ2) is 8.20. The van der Waals surface area contributed by atoms with Crippen molar-refractivity contribution >= 4 is 23.3 Å². The minimum Gasteiger partial charge on any atom is -0.365 e. The number of hydrogen-bond acceptors (Lipinski definition) is 6. The number of hydrogen-bond donors (Lipinski definition) is 4. The zero-order valence-corrected chi connectivity index (χ0v) is 17.1. The Morgan fingerprint density at radius 3 is 2.59 bits per heavy atom. The van der Waals surface area contributed by atoms with Crippen LogP contribution in [0.5, 0.6) is 0 Å². The molecular weight excluding hydrogens is 370 g/mol. The molecule has 2 aromatic rings. The van der Waals surface area contributed by atoms with E-state index in [1.54, 1.807) is 23.1 Å². The molecular formula is C20H29N7O2. The van der Waals surface area contributed by atoms with Crippen LogP contribution < -0.4 is 22.1 Å². The topological polar surface area (TPSA) is 141 Å². The van der Waals surface area contributed by atoms with Crippen LogP contribution >= 0.6 is 0 Å². The number of pyridine rings is 1. The highest BCUT2D eigenvalue weighted by molar-refractivity contribution is 5.98. The van der Waals surface area contributed by atoms with E-state index in [-0.39, 0.29) is 29.1 Å². The quantitative estimate of drug-likeness (QED) is 0.607. The molecule has 6 N–H and O–H groups in total. The first-order valence-electron chi connectivity index (χ1n) is 9.83. The molecule has 0 spiro atoms. The zero-order valence-electron chi connectivity index (χ0n) is 17.1. The fourth-order valence-corrected chi connectivity index (χ4v) is 3.48. The van der Waals surface area contributed by atoms with Crippen LogP contribution in [0.25, 0.3) is 0 Å². The van der Waals surface area contributed by atoms with E-state index in [2.05, 4.69) is 20.7 Å². The summed E-state index contributed by atoms with van der Waals surface area (Å²) in [7, 11) is 0. The number of amides is 2. The summed E-state index contributed by atoms with van der Waals surface area (Å²) in [4.78, 5) is 28.5. The molecule has 0 aromatic carbocycles. The maximum atomic E-state index is 12.4. The van der Waals surface area contributed by atoms with Gasteiger partial charge in [-0.2, -0.15) is 5.10 Å². The van der Waals surface area contributed by atoms with Gasteiger partial charge < -0.3 is 22.1 Å². The van der Waals surface area contributed by atoms with Gasteiger partial charge in [-0.25, -0.2) is 0 Å². The predicted octanol–water partition coefficient (Wildman–Crippen LogP) is 2.09. The summed E-state index contributed by atoms with van der Waals surface area (Å²) in [6.07, 6.45) is 8.69. The molecule has 2 heterocycles. The summed E-state index contributed by atoms with van der Waals surface area (Å²) in [5, 5.41) is 10.5. The van der Waals surface area contributed by atoms with Gasteiger partial charge in [-0.3, -0.25) is 19.3 Å². The lowest BCUT2D eigenvalue weighted by atomic mass is 9.91. The minimum atomic E-state index is -0.585. The fraction of sp³-hybridized carbons (Fsp3) is 0.500. The lowest BCUT2D eigenvalue weighted by Gasteiger charge is -2.28. The molecule has 29 heavy (non-hydrogen) atoms. The molecule has 2 atom stereocenters. The monoisotopic (exact) mass is 399 g/mol. The molecule has 2 unspecified atom stereocenters. The van der Waals surface area contributed by atoms with Crippen molar-refractivity contribution in [2.75, 3.05) is 5.32 Å². The Hall–Kier alpha value is -2.94. The number of nitrogens with one attached hydrogen (secondary N) is 2. The van der Waals surface area contributed by atoms with Crippen LogP contribution in [0.3, 0.4) is 0 Å². The Kier molecular flexibility index (Phi) is 5.88. The molecule has 0 saturated heterocycles. The highest BCUT2D eigenvalue weighted by Crippen LogP contribution is 2.29. The van der Waals surface area contributed by atoms with Gasteiger partial charge in [0.25, 0.3) is 11.8 Å². The highest BCUT2D eigenvalue weighted by Gasteiger charge is 2.26. The van der Waals surface area contributed by atoms with Crippen molar-refractivity contribution in [3.8, 4) is 0 Å². The van der Waals surface area contributed by atoms with Gasteiger partial charge in [-0.05, 0) is 39.7 Å². The maximum Gasteiger partial charge on any atom is 0.254 e. The SMILES string of the molecule is CC(C)(C)NC(=O)c1cncc(Nc2nn(C3CCCCC3N)cc2C(N)=O)c1. The number of anilines is 2. The Balaban J connectivity index is 1.85. The van der Waals surface area contributed by atoms with E-state index in [1.165, 1.54) is 6.20 Å². The summed E-state index contributed by atoms with van der Waals surface area (Å²) in [6, 6.07) is 1.67. The molecule has 1 aliphatic carbocycles. The first-order valence-corrected chi connectivity index (χ1v) is 9.83. The lowest BCUT2D eigenvalue weighted by molar-refractivity contribution is 0.0918. The van der Waals surface area contributed by atoms with Crippen LogP contribution in [0.1, 0.15) is 73.2 Å². The Morgan fingerprint density at radius 2 is 1.93 bits per heavy atom. The van der Waals surface area contributed by atoms with E-state index in [9.17, 15) is 9.59 Å². The van der Waals surface area contributed by atoms with E-state index < -0.39 is 5.91 Å². The number of rotatable bonds is 5. The summed E-state index contributed by atoms with van der Waals surface area (Å²) in [6.45, 7) is 5.71. The zero-order chi connectivity index (χ0) is 21.2. The Morgan fingerprint density at radius 1 is 1.21 bits per heavy atom. The molecule has 156 valence electrons. The average molecular weight is 399 g/mol. The Bertz CT molecular complexity index is 900. The molecule has 1 saturated carbocycles. The van der Waals surface area contributed by atoms with Gasteiger partial charge in [0, 0.05) is 24.0 Å². The van der Waals surface area contributed by atoms with Gasteiger partial charge in [0.15, 0.2) is 5.82 Å². The van der Waals surface area contributed by atoms with E-state index in [0.717, 1.165) is 25.7 Å². The van der Waals surface area contributed by atoms with Crippen molar-refractivity contribution in [2.45, 2.75) is 64.1 Å². The Labute approximate surface area is 170 Å². The van der Waals surface area contributed by atoms with Crippen molar-refractivity contribution in [3.63, 3.8) is 0 Å². The summed E-state index contributed by atoms with van der Waals surface area (Å²) in [5.74, 6) is -0.495. The van der Waals surface area contributed by atoms with E-state index in [4.69, 9.17) is 11.5 Å². The van der Waals surface area contributed by atoms with Gasteiger partial charge in [0.05, 0.1) is 23.5 Å². The van der Waals surface area contributed by atoms with Gasteiger partial charge in [0.2, 0.25) is 0 Å². The first-order chi connectivity index (χ1) is 13.6. The van der Waals surface area contributed by atoms with E-state index in [1.807, 2.05) is 20.8 Å². The average Bonchev–Trinajstić information content (AvgIpc) is 3.05. The molecule has 0 bridgehead atoms. The summed E-state index contributed by atoms with van der Waals surface area (Å²) >= 11 is 0. The molecule has 1 fully saturated rings. The van der Waals surface area contributed by atoms with Crippen LogP contribution in [0.4, 0.5) is 11.5 Å². The molecule has 3 rings (SSSR count). The van der Waals surface area contributed by atoms with Gasteiger partial charge in [-0.15, -0.1) is 0 Å². The third-order valence-electron chi connectivity index (χ3n) is 4.87. The van der Waals surface area contributed by atoms with Crippen molar-refractivity contribution in [1.82, 2.24) is 20.1 Å². The molecule has 0 radical (unpaired) electrons. The van der Waals surface area contributed by atoms with E-state index in [0.29, 0.717) is 17.1 Å². The van der Waals surface area contributed by atoms with E-state index >= 15 is 0 Å². The standard InChI is InChI=1S/C20H29N7O2/c1-20(2,3)25-19(29)12-8-13(10-23-9-12)24-18-14(17(22)28)11-27(26-18)16-7-5-4-6-15(16)21/h8-11,15-16H,4-7,21H2,1-3H3,(H2,22,28)(H,24,26)(H,25,29). The van der Waals surface area contributed by atoms with Crippen molar-refractivity contribution in [3.05, 3.63) is 35.8 Å². The number of primary amides is 1. The smallest absolute Gasteiger partial charge is 0.254 e. The fourth-order valence-electron chi connectivity index (χ4n) is 3.48. The van der Waals surface area contributed by atoms with Crippen LogP contribution in [-0.4, -0.2) is 38.2 Å². The van der Waals surface area contributed by atoms with Crippen molar-refractivity contribution in [1.29, 1.82) is 0 Å². The van der Waals surface area contributed by atoms with Crippen LogP contribution in [0, 0.1) is 0 Å². The maximum absolute atomic E-state index is 12.4. The first kappa shape index (κ1) is 20.8.